The molecule has 0 radical (unpaired) electrons. The molecule has 5 rings (SSSR count). The molecule has 2 aromatic rings. The van der Waals surface area contributed by atoms with E-state index in [1.54, 1.807) is 0 Å². The molecule has 156 valence electrons. The van der Waals surface area contributed by atoms with Gasteiger partial charge in [0.05, 0.1) is 36.6 Å². The van der Waals surface area contributed by atoms with E-state index in [0.29, 0.717) is 19.0 Å². The van der Waals surface area contributed by atoms with Crippen LogP contribution in [0.1, 0.15) is 42.6 Å². The highest BCUT2D eigenvalue weighted by Gasteiger charge is 2.31. The number of pyridine rings is 1. The summed E-state index contributed by atoms with van der Waals surface area (Å²) in [6, 6.07) is 4.22. The minimum atomic E-state index is -0.217. The molecule has 7 heteroatoms. The van der Waals surface area contributed by atoms with E-state index in [0.717, 1.165) is 60.7 Å². The highest BCUT2D eigenvalue weighted by molar-refractivity contribution is 5.84. The molecule has 0 N–H and O–H groups in total. The molecule has 2 atom stereocenters. The number of amides is 1. The maximum Gasteiger partial charge on any atom is 0.231 e. The van der Waals surface area contributed by atoms with Gasteiger partial charge in [-0.2, -0.15) is 0 Å². The second kappa shape index (κ2) is 7.80. The summed E-state index contributed by atoms with van der Waals surface area (Å²) >= 11 is 0. The van der Waals surface area contributed by atoms with Gasteiger partial charge in [-0.1, -0.05) is 12.2 Å². The number of carbonyl (C=O) groups excluding carboxylic acids is 1. The molecule has 0 saturated carbocycles. The van der Waals surface area contributed by atoms with Crippen molar-refractivity contribution in [1.82, 2.24) is 19.9 Å². The summed E-state index contributed by atoms with van der Waals surface area (Å²) in [5.74, 6) is 1.48. The van der Waals surface area contributed by atoms with Gasteiger partial charge in [0, 0.05) is 49.9 Å². The van der Waals surface area contributed by atoms with Gasteiger partial charge in [-0.3, -0.25) is 9.78 Å². The highest BCUT2D eigenvalue weighted by atomic mass is 16.5. The number of likely N-dealkylation sites (tertiary alicyclic amines) is 1. The number of nitrogens with zero attached hydrogens (tertiary/aromatic N) is 5. The highest BCUT2D eigenvalue weighted by Crippen LogP contribution is 2.33. The van der Waals surface area contributed by atoms with Gasteiger partial charge < -0.3 is 14.5 Å². The molecule has 1 unspecified atom stereocenters. The van der Waals surface area contributed by atoms with Crippen molar-refractivity contribution < 1.29 is 9.53 Å². The van der Waals surface area contributed by atoms with E-state index in [4.69, 9.17) is 14.7 Å². The third-order valence-electron chi connectivity index (χ3n) is 6.32. The zero-order valence-corrected chi connectivity index (χ0v) is 17.5. The third kappa shape index (κ3) is 3.37. The Bertz CT molecular complexity index is 1010. The van der Waals surface area contributed by atoms with Crippen LogP contribution in [0.5, 0.6) is 0 Å². The Labute approximate surface area is 176 Å². The maximum absolute atomic E-state index is 12.9. The summed E-state index contributed by atoms with van der Waals surface area (Å²) in [4.78, 5) is 31.4. The van der Waals surface area contributed by atoms with Gasteiger partial charge in [0.1, 0.15) is 5.82 Å². The van der Waals surface area contributed by atoms with Crippen LogP contribution >= 0.6 is 0 Å². The Morgan fingerprint density at radius 3 is 3.00 bits per heavy atom. The molecular weight excluding hydrogens is 378 g/mol. The van der Waals surface area contributed by atoms with Crippen molar-refractivity contribution >= 4 is 17.8 Å². The number of morpholine rings is 1. The van der Waals surface area contributed by atoms with E-state index >= 15 is 0 Å². The van der Waals surface area contributed by atoms with Gasteiger partial charge in [0.2, 0.25) is 5.91 Å². The Kier molecular flexibility index (Phi) is 4.98. The molecule has 3 aliphatic rings. The fourth-order valence-corrected chi connectivity index (χ4v) is 4.62. The van der Waals surface area contributed by atoms with Crippen LogP contribution in [0.4, 0.5) is 5.82 Å². The Morgan fingerprint density at radius 1 is 1.23 bits per heavy atom. The van der Waals surface area contributed by atoms with Crippen molar-refractivity contribution in [3.63, 3.8) is 0 Å². The number of rotatable bonds is 3. The van der Waals surface area contributed by atoms with Crippen molar-refractivity contribution in [3.05, 3.63) is 41.4 Å². The zero-order chi connectivity index (χ0) is 20.7. The first-order chi connectivity index (χ1) is 14.6. The van der Waals surface area contributed by atoms with Crippen molar-refractivity contribution in [2.45, 2.75) is 38.1 Å². The molecule has 30 heavy (non-hydrogen) atoms. The standard InChI is InChI=1S/C23H27N5O2/c1-15-14-30-12-11-28(15)21-13-20(18-6-4-10-27(2)23(18)29)25-22(26-21)17-8-9-24-19-7-3-5-16(17)19/h3,5,8-9,13,15,18H,4,6-7,10-12,14H2,1-2H3/t15-,18?/m1/s1. The summed E-state index contributed by atoms with van der Waals surface area (Å²) in [6.45, 7) is 5.09. The summed E-state index contributed by atoms with van der Waals surface area (Å²) < 4.78 is 5.62. The van der Waals surface area contributed by atoms with Crippen LogP contribution in [0.2, 0.25) is 0 Å². The number of ether oxygens (including phenoxy) is 1. The Balaban J connectivity index is 1.63. The minimum absolute atomic E-state index is 0.145. The minimum Gasteiger partial charge on any atom is -0.377 e. The van der Waals surface area contributed by atoms with Crippen LogP contribution in [0.15, 0.2) is 24.4 Å². The predicted molar refractivity (Wildman–Crippen MR) is 115 cm³/mol. The molecular formula is C23H27N5O2. The quantitative estimate of drug-likeness (QED) is 0.782. The van der Waals surface area contributed by atoms with Crippen LogP contribution in [0.3, 0.4) is 0 Å². The van der Waals surface area contributed by atoms with E-state index in [2.05, 4.69) is 29.0 Å². The van der Waals surface area contributed by atoms with Crippen LogP contribution < -0.4 is 4.90 Å². The lowest BCUT2D eigenvalue weighted by Crippen LogP contribution is -2.44. The summed E-state index contributed by atoms with van der Waals surface area (Å²) in [7, 11) is 1.88. The zero-order valence-electron chi connectivity index (χ0n) is 17.5. The largest absolute Gasteiger partial charge is 0.377 e. The van der Waals surface area contributed by atoms with Gasteiger partial charge in [0.15, 0.2) is 5.82 Å². The fraction of sp³-hybridized carbons (Fsp3) is 0.478. The average Bonchev–Trinajstić information content (AvgIpc) is 3.25. The third-order valence-corrected chi connectivity index (χ3v) is 6.32. The first kappa shape index (κ1) is 19.2. The molecule has 2 saturated heterocycles. The molecule has 2 fully saturated rings. The summed E-state index contributed by atoms with van der Waals surface area (Å²) in [5, 5.41) is 0. The van der Waals surface area contributed by atoms with Crippen molar-refractivity contribution in [2.24, 2.45) is 0 Å². The monoisotopic (exact) mass is 405 g/mol. The molecule has 1 aliphatic carbocycles. The molecule has 7 nitrogen and oxygen atoms in total. The normalized spacial score (nSPS) is 23.7. The van der Waals surface area contributed by atoms with Gasteiger partial charge in [-0.25, -0.2) is 9.97 Å². The smallest absolute Gasteiger partial charge is 0.231 e. The second-order valence-electron chi connectivity index (χ2n) is 8.37. The van der Waals surface area contributed by atoms with Crippen molar-refractivity contribution in [2.75, 3.05) is 38.3 Å². The molecule has 2 aromatic heterocycles. The van der Waals surface area contributed by atoms with Gasteiger partial charge >= 0.3 is 0 Å². The van der Waals surface area contributed by atoms with E-state index < -0.39 is 0 Å². The van der Waals surface area contributed by atoms with Crippen LogP contribution in [0, 0.1) is 0 Å². The molecule has 4 heterocycles. The van der Waals surface area contributed by atoms with Gasteiger partial charge in [-0.15, -0.1) is 0 Å². The molecule has 1 amide bonds. The number of aromatic nitrogens is 3. The number of hydrogen-bond donors (Lipinski definition) is 0. The second-order valence-corrected chi connectivity index (χ2v) is 8.37. The van der Waals surface area contributed by atoms with E-state index in [1.807, 2.05) is 30.3 Å². The number of likely N-dealkylation sites (N-methyl/N-ethyl adjacent to an activating group) is 1. The van der Waals surface area contributed by atoms with E-state index in [-0.39, 0.29) is 17.9 Å². The van der Waals surface area contributed by atoms with Crippen LogP contribution in [-0.2, 0) is 16.0 Å². The summed E-state index contributed by atoms with van der Waals surface area (Å²) in [5.41, 5.74) is 3.94. The SMILES string of the molecule is C[C@@H]1COCCN1c1cc(C2CCCN(C)C2=O)nc(-c2ccnc3c2C=CC3)n1. The number of fused-ring (bicyclic) bond motifs is 1. The number of allylic oxidation sites excluding steroid dienone is 1. The Hall–Kier alpha value is -2.80. The number of anilines is 1. The van der Waals surface area contributed by atoms with Gasteiger partial charge in [-0.05, 0) is 25.8 Å². The molecule has 0 aromatic carbocycles. The maximum atomic E-state index is 12.9. The Morgan fingerprint density at radius 2 is 2.13 bits per heavy atom. The number of hydrogen-bond acceptors (Lipinski definition) is 6. The predicted octanol–water partition coefficient (Wildman–Crippen LogP) is 2.67. The first-order valence-electron chi connectivity index (χ1n) is 10.7. The van der Waals surface area contributed by atoms with Crippen molar-refractivity contribution in [1.29, 1.82) is 0 Å². The van der Waals surface area contributed by atoms with Gasteiger partial charge in [0.25, 0.3) is 0 Å². The molecule has 0 spiro atoms. The average molecular weight is 406 g/mol. The summed E-state index contributed by atoms with van der Waals surface area (Å²) in [6.07, 6.45) is 8.70. The topological polar surface area (TPSA) is 71.5 Å². The lowest BCUT2D eigenvalue weighted by Gasteiger charge is -2.35. The van der Waals surface area contributed by atoms with Crippen molar-refractivity contribution in [3.8, 4) is 11.4 Å². The van der Waals surface area contributed by atoms with E-state index in [9.17, 15) is 4.79 Å². The molecule has 2 aliphatic heterocycles. The lowest BCUT2D eigenvalue weighted by molar-refractivity contribution is -0.133. The number of piperidine rings is 1. The number of carbonyl (C=O) groups is 1. The van der Waals surface area contributed by atoms with Crippen LogP contribution in [0.25, 0.3) is 17.5 Å². The van der Waals surface area contributed by atoms with E-state index in [1.165, 1.54) is 0 Å². The molecule has 0 bridgehead atoms. The fourth-order valence-electron chi connectivity index (χ4n) is 4.62. The lowest BCUT2D eigenvalue weighted by atomic mass is 9.93. The van der Waals surface area contributed by atoms with Crippen LogP contribution in [-0.4, -0.2) is 65.2 Å². The first-order valence-corrected chi connectivity index (χ1v) is 10.7.